The van der Waals surface area contributed by atoms with E-state index in [2.05, 4.69) is 19.9 Å². The quantitative estimate of drug-likeness (QED) is 0.634. The fourth-order valence-corrected chi connectivity index (χ4v) is 2.74. The molecule has 0 aromatic heterocycles. The van der Waals surface area contributed by atoms with Gasteiger partial charge in [0.1, 0.15) is 5.82 Å². The molecule has 82 valence electrons. The van der Waals surface area contributed by atoms with Crippen molar-refractivity contribution >= 4 is 0 Å². The Hall–Kier alpha value is -0.850. The molecular formula is C14H19F. The van der Waals surface area contributed by atoms with Crippen molar-refractivity contribution in [2.45, 2.75) is 45.4 Å². The minimum absolute atomic E-state index is 0.101. The third-order valence-corrected chi connectivity index (χ3v) is 3.53. The van der Waals surface area contributed by atoms with Crippen LogP contribution in [-0.4, -0.2) is 0 Å². The van der Waals surface area contributed by atoms with Crippen LogP contribution in [0, 0.1) is 11.2 Å². The standard InChI is InChI=1S/C14H19F/c1-14(2)8-4-6-12(10-14)11-5-3-7-13(15)9-11/h3,5,7,9,12H,4,6,8,10H2,1-2H3. The lowest BCUT2D eigenvalue weighted by atomic mass is 9.70. The van der Waals surface area contributed by atoms with Crippen molar-refractivity contribution in [3.63, 3.8) is 0 Å². The molecule has 1 fully saturated rings. The Bertz CT molecular complexity index is 341. The molecule has 0 radical (unpaired) electrons. The number of hydrogen-bond acceptors (Lipinski definition) is 0. The highest BCUT2D eigenvalue weighted by molar-refractivity contribution is 5.21. The second-order valence-corrected chi connectivity index (χ2v) is 5.51. The predicted molar refractivity (Wildman–Crippen MR) is 61.4 cm³/mol. The maximum absolute atomic E-state index is 13.1. The lowest BCUT2D eigenvalue weighted by Gasteiger charge is -2.35. The molecule has 1 unspecified atom stereocenters. The average molecular weight is 206 g/mol. The van der Waals surface area contributed by atoms with E-state index < -0.39 is 0 Å². The summed E-state index contributed by atoms with van der Waals surface area (Å²) >= 11 is 0. The zero-order chi connectivity index (χ0) is 10.9. The number of hydrogen-bond donors (Lipinski definition) is 0. The van der Waals surface area contributed by atoms with Gasteiger partial charge in [0.05, 0.1) is 0 Å². The van der Waals surface area contributed by atoms with Crippen LogP contribution in [0.2, 0.25) is 0 Å². The van der Waals surface area contributed by atoms with Crippen LogP contribution in [0.1, 0.15) is 51.0 Å². The summed E-state index contributed by atoms with van der Waals surface area (Å²) < 4.78 is 13.1. The first-order chi connectivity index (χ1) is 7.07. The monoisotopic (exact) mass is 206 g/mol. The van der Waals surface area contributed by atoms with Crippen molar-refractivity contribution in [3.05, 3.63) is 35.6 Å². The second kappa shape index (κ2) is 3.96. The van der Waals surface area contributed by atoms with Crippen molar-refractivity contribution in [1.29, 1.82) is 0 Å². The molecule has 1 aromatic rings. The van der Waals surface area contributed by atoms with E-state index in [0.717, 1.165) is 0 Å². The molecule has 0 bridgehead atoms. The molecule has 2 rings (SSSR count). The molecule has 1 aliphatic rings. The molecule has 0 heterocycles. The maximum atomic E-state index is 13.1. The van der Waals surface area contributed by atoms with Crippen LogP contribution in [0.3, 0.4) is 0 Å². The molecule has 1 saturated carbocycles. The van der Waals surface area contributed by atoms with Gasteiger partial charge < -0.3 is 0 Å². The molecular weight excluding hydrogens is 187 g/mol. The molecule has 0 N–H and O–H groups in total. The molecule has 0 spiro atoms. The zero-order valence-corrected chi connectivity index (χ0v) is 9.59. The fourth-order valence-electron chi connectivity index (χ4n) is 2.74. The van der Waals surface area contributed by atoms with Crippen LogP contribution in [0.4, 0.5) is 4.39 Å². The van der Waals surface area contributed by atoms with Crippen LogP contribution >= 0.6 is 0 Å². The Kier molecular flexibility index (Phi) is 2.81. The number of rotatable bonds is 1. The Balaban J connectivity index is 2.17. The summed E-state index contributed by atoms with van der Waals surface area (Å²) in [5.74, 6) is 0.459. The minimum Gasteiger partial charge on any atom is -0.207 e. The molecule has 1 heteroatoms. The van der Waals surface area contributed by atoms with E-state index in [1.165, 1.54) is 37.3 Å². The van der Waals surface area contributed by atoms with Crippen molar-refractivity contribution in [3.8, 4) is 0 Å². The summed E-state index contributed by atoms with van der Waals surface area (Å²) in [5, 5.41) is 0. The third kappa shape index (κ3) is 2.58. The highest BCUT2D eigenvalue weighted by Crippen LogP contribution is 2.43. The van der Waals surface area contributed by atoms with E-state index in [9.17, 15) is 4.39 Å². The molecule has 0 saturated heterocycles. The van der Waals surface area contributed by atoms with Crippen LogP contribution in [-0.2, 0) is 0 Å². The van der Waals surface area contributed by atoms with E-state index in [1.54, 1.807) is 6.07 Å². The second-order valence-electron chi connectivity index (χ2n) is 5.51. The Morgan fingerprint density at radius 1 is 1.33 bits per heavy atom. The summed E-state index contributed by atoms with van der Waals surface area (Å²) in [7, 11) is 0. The van der Waals surface area contributed by atoms with Crippen LogP contribution in [0.25, 0.3) is 0 Å². The van der Waals surface area contributed by atoms with Gasteiger partial charge in [-0.3, -0.25) is 0 Å². The van der Waals surface area contributed by atoms with E-state index in [-0.39, 0.29) is 5.82 Å². The normalized spacial score (nSPS) is 25.1. The summed E-state index contributed by atoms with van der Waals surface area (Å²) in [5.41, 5.74) is 1.61. The van der Waals surface area contributed by atoms with Crippen molar-refractivity contribution in [2.75, 3.05) is 0 Å². The predicted octanol–water partition coefficient (Wildman–Crippen LogP) is 4.51. The van der Waals surface area contributed by atoms with Crippen LogP contribution in [0.5, 0.6) is 0 Å². The van der Waals surface area contributed by atoms with Gasteiger partial charge in [0.15, 0.2) is 0 Å². The summed E-state index contributed by atoms with van der Waals surface area (Å²) in [6.45, 7) is 4.64. The number of benzene rings is 1. The topological polar surface area (TPSA) is 0 Å². The summed E-state index contributed by atoms with van der Waals surface area (Å²) in [4.78, 5) is 0. The minimum atomic E-state index is -0.101. The van der Waals surface area contributed by atoms with E-state index in [1.807, 2.05) is 6.07 Å². The van der Waals surface area contributed by atoms with Crippen molar-refractivity contribution in [1.82, 2.24) is 0 Å². The highest BCUT2D eigenvalue weighted by Gasteiger charge is 2.28. The molecule has 0 nitrogen and oxygen atoms in total. The Morgan fingerprint density at radius 2 is 2.13 bits per heavy atom. The lowest BCUT2D eigenvalue weighted by molar-refractivity contribution is 0.219. The molecule has 1 aromatic carbocycles. The summed E-state index contributed by atoms with van der Waals surface area (Å²) in [6.07, 6.45) is 4.98. The van der Waals surface area contributed by atoms with Gasteiger partial charge in [-0.2, -0.15) is 0 Å². The van der Waals surface area contributed by atoms with Crippen LogP contribution in [0.15, 0.2) is 24.3 Å². The van der Waals surface area contributed by atoms with Gasteiger partial charge in [0.25, 0.3) is 0 Å². The lowest BCUT2D eigenvalue weighted by Crippen LogP contribution is -2.21. The van der Waals surface area contributed by atoms with Gasteiger partial charge in [-0.1, -0.05) is 32.4 Å². The average Bonchev–Trinajstić information content (AvgIpc) is 2.16. The van der Waals surface area contributed by atoms with Gasteiger partial charge in [-0.25, -0.2) is 4.39 Å². The van der Waals surface area contributed by atoms with Crippen molar-refractivity contribution in [2.24, 2.45) is 5.41 Å². The fraction of sp³-hybridized carbons (Fsp3) is 0.571. The van der Waals surface area contributed by atoms with Crippen molar-refractivity contribution < 1.29 is 4.39 Å². The first-order valence-electron chi connectivity index (χ1n) is 5.82. The maximum Gasteiger partial charge on any atom is 0.123 e. The molecule has 0 aliphatic heterocycles. The zero-order valence-electron chi connectivity index (χ0n) is 9.59. The van der Waals surface area contributed by atoms with E-state index in [4.69, 9.17) is 0 Å². The summed E-state index contributed by atoms with van der Waals surface area (Å²) in [6, 6.07) is 7.12. The van der Waals surface area contributed by atoms with Crippen LogP contribution < -0.4 is 0 Å². The Labute approximate surface area is 91.5 Å². The SMILES string of the molecule is CC1(C)CCCC(c2cccc(F)c2)C1. The third-order valence-electron chi connectivity index (χ3n) is 3.53. The van der Waals surface area contributed by atoms with Gasteiger partial charge in [0, 0.05) is 0 Å². The highest BCUT2D eigenvalue weighted by atomic mass is 19.1. The smallest absolute Gasteiger partial charge is 0.123 e. The van der Waals surface area contributed by atoms with Gasteiger partial charge in [-0.05, 0) is 48.3 Å². The van der Waals surface area contributed by atoms with E-state index in [0.29, 0.717) is 11.3 Å². The largest absolute Gasteiger partial charge is 0.207 e. The van der Waals surface area contributed by atoms with Gasteiger partial charge in [0.2, 0.25) is 0 Å². The molecule has 1 atom stereocenters. The first-order valence-corrected chi connectivity index (χ1v) is 5.82. The van der Waals surface area contributed by atoms with E-state index >= 15 is 0 Å². The van der Waals surface area contributed by atoms with Gasteiger partial charge in [-0.15, -0.1) is 0 Å². The molecule has 15 heavy (non-hydrogen) atoms. The number of halogens is 1. The Morgan fingerprint density at radius 3 is 2.80 bits per heavy atom. The first kappa shape index (κ1) is 10.7. The van der Waals surface area contributed by atoms with Gasteiger partial charge >= 0.3 is 0 Å². The molecule has 1 aliphatic carbocycles. The molecule has 0 amide bonds.